The zero-order valence-electron chi connectivity index (χ0n) is 16.8. The summed E-state index contributed by atoms with van der Waals surface area (Å²) in [6.07, 6.45) is 0.328. The highest BCUT2D eigenvalue weighted by Gasteiger charge is 2.16. The molecule has 3 rings (SSSR count). The fraction of sp³-hybridized carbons (Fsp3) is 0.524. The van der Waals surface area contributed by atoms with E-state index in [1.54, 1.807) is 11.3 Å². The minimum absolute atomic E-state index is 0.0168. The molecule has 1 aromatic carbocycles. The van der Waals surface area contributed by atoms with Gasteiger partial charge in [0.05, 0.1) is 12.1 Å². The van der Waals surface area contributed by atoms with E-state index < -0.39 is 0 Å². The van der Waals surface area contributed by atoms with Gasteiger partial charge in [0, 0.05) is 49.2 Å². The summed E-state index contributed by atoms with van der Waals surface area (Å²) in [5.74, 6) is 0.0168. The van der Waals surface area contributed by atoms with Crippen molar-refractivity contribution in [1.29, 1.82) is 0 Å². The average Bonchev–Trinajstić information content (AvgIpc) is 3.04. The van der Waals surface area contributed by atoms with Crippen molar-refractivity contribution >= 4 is 17.2 Å². The third kappa shape index (κ3) is 6.13. The monoisotopic (exact) mass is 386 g/mol. The van der Waals surface area contributed by atoms with Crippen LogP contribution in [0.3, 0.4) is 0 Å². The van der Waals surface area contributed by atoms with E-state index in [0.717, 1.165) is 49.0 Å². The first-order chi connectivity index (χ1) is 12.8. The number of benzene rings is 1. The summed E-state index contributed by atoms with van der Waals surface area (Å²) >= 11 is 1.61. The van der Waals surface area contributed by atoms with Crippen LogP contribution < -0.4 is 5.32 Å². The summed E-state index contributed by atoms with van der Waals surface area (Å²) < 4.78 is 0. The van der Waals surface area contributed by atoms with Gasteiger partial charge in [-0.1, -0.05) is 18.2 Å². The molecule has 0 atom stereocenters. The summed E-state index contributed by atoms with van der Waals surface area (Å²) in [6, 6.07) is 8.63. The van der Waals surface area contributed by atoms with Crippen molar-refractivity contribution in [2.75, 3.05) is 33.2 Å². The van der Waals surface area contributed by atoms with Gasteiger partial charge in [0.1, 0.15) is 5.01 Å². The molecule has 27 heavy (non-hydrogen) atoms. The first-order valence-corrected chi connectivity index (χ1v) is 10.4. The smallest absolute Gasteiger partial charge is 0.226 e. The Morgan fingerprint density at radius 3 is 2.67 bits per heavy atom. The lowest BCUT2D eigenvalue weighted by molar-refractivity contribution is -0.121. The number of amides is 1. The van der Waals surface area contributed by atoms with Gasteiger partial charge in [-0.2, -0.15) is 0 Å². The van der Waals surface area contributed by atoms with Gasteiger partial charge in [-0.05, 0) is 39.4 Å². The number of likely N-dealkylation sites (N-methyl/N-ethyl adjacent to an activating group) is 1. The second kappa shape index (κ2) is 8.50. The van der Waals surface area contributed by atoms with E-state index in [4.69, 9.17) is 0 Å². The second-order valence-electron chi connectivity index (χ2n) is 8.40. The maximum absolute atomic E-state index is 12.1. The SMILES string of the molecule is CN1CCN(Cc2cccc(-c3nc(CC(=O)NC(C)(C)C)cs3)c2)CC1. The first-order valence-electron chi connectivity index (χ1n) is 9.54. The molecule has 6 heteroatoms. The van der Waals surface area contributed by atoms with Crippen molar-refractivity contribution in [1.82, 2.24) is 20.1 Å². The van der Waals surface area contributed by atoms with E-state index in [9.17, 15) is 4.79 Å². The largest absolute Gasteiger partial charge is 0.351 e. The number of hydrogen-bond acceptors (Lipinski definition) is 5. The third-order valence-corrected chi connectivity index (χ3v) is 5.52. The summed E-state index contributed by atoms with van der Waals surface area (Å²) in [4.78, 5) is 21.7. The third-order valence-electron chi connectivity index (χ3n) is 4.58. The Kier molecular flexibility index (Phi) is 6.29. The number of carbonyl (C=O) groups excluding carboxylic acids is 1. The van der Waals surface area contributed by atoms with Crippen LogP contribution in [0.15, 0.2) is 29.6 Å². The molecule has 1 aromatic heterocycles. The highest BCUT2D eigenvalue weighted by atomic mass is 32.1. The van der Waals surface area contributed by atoms with Crippen LogP contribution >= 0.6 is 11.3 Å². The number of nitrogens with one attached hydrogen (secondary N) is 1. The summed E-state index contributed by atoms with van der Waals surface area (Å²) in [5, 5.41) is 5.96. The second-order valence-corrected chi connectivity index (χ2v) is 9.26. The van der Waals surface area contributed by atoms with Crippen LogP contribution in [-0.2, 0) is 17.8 Å². The molecule has 1 N–H and O–H groups in total. The van der Waals surface area contributed by atoms with Gasteiger partial charge in [-0.25, -0.2) is 4.98 Å². The Hall–Kier alpha value is -1.76. The molecule has 146 valence electrons. The molecule has 0 aliphatic carbocycles. The molecule has 1 aliphatic heterocycles. The maximum Gasteiger partial charge on any atom is 0.226 e. The Balaban J connectivity index is 1.63. The van der Waals surface area contributed by atoms with E-state index in [0.29, 0.717) is 6.42 Å². The van der Waals surface area contributed by atoms with E-state index in [1.165, 1.54) is 5.56 Å². The van der Waals surface area contributed by atoms with Gasteiger partial charge < -0.3 is 10.2 Å². The van der Waals surface area contributed by atoms with E-state index in [-0.39, 0.29) is 11.4 Å². The molecule has 5 nitrogen and oxygen atoms in total. The van der Waals surface area contributed by atoms with Gasteiger partial charge in [0.25, 0.3) is 0 Å². The Labute approximate surface area is 166 Å². The van der Waals surface area contributed by atoms with Gasteiger partial charge in [-0.15, -0.1) is 11.3 Å². The quantitative estimate of drug-likeness (QED) is 0.858. The Morgan fingerprint density at radius 2 is 1.96 bits per heavy atom. The van der Waals surface area contributed by atoms with Crippen LogP contribution in [0.1, 0.15) is 32.0 Å². The normalized spacial score (nSPS) is 16.4. The molecule has 1 fully saturated rings. The number of piperazine rings is 1. The lowest BCUT2D eigenvalue weighted by atomic mass is 10.1. The highest BCUT2D eigenvalue weighted by molar-refractivity contribution is 7.13. The lowest BCUT2D eigenvalue weighted by Crippen LogP contribution is -2.43. The predicted molar refractivity (Wildman–Crippen MR) is 112 cm³/mol. The molecule has 0 bridgehead atoms. The molecular weight excluding hydrogens is 356 g/mol. The fourth-order valence-electron chi connectivity index (χ4n) is 3.21. The van der Waals surface area contributed by atoms with E-state index in [2.05, 4.69) is 51.4 Å². The number of carbonyl (C=O) groups is 1. The lowest BCUT2D eigenvalue weighted by Gasteiger charge is -2.32. The van der Waals surface area contributed by atoms with Gasteiger partial charge in [-0.3, -0.25) is 9.69 Å². The van der Waals surface area contributed by atoms with Crippen LogP contribution in [0.4, 0.5) is 0 Å². The molecule has 0 unspecified atom stereocenters. The maximum atomic E-state index is 12.1. The minimum atomic E-state index is -0.215. The fourth-order valence-corrected chi connectivity index (χ4v) is 4.03. The molecule has 1 saturated heterocycles. The molecule has 2 heterocycles. The van der Waals surface area contributed by atoms with Crippen molar-refractivity contribution in [2.24, 2.45) is 0 Å². The van der Waals surface area contributed by atoms with Crippen LogP contribution in [-0.4, -0.2) is 59.5 Å². The standard InChI is InChI=1S/C21H30N4OS/c1-21(2,3)23-19(26)13-18-15-27-20(22-18)17-7-5-6-16(12-17)14-25-10-8-24(4)9-11-25/h5-7,12,15H,8-11,13-14H2,1-4H3,(H,23,26). The number of aromatic nitrogens is 1. The number of nitrogens with zero attached hydrogens (tertiary/aromatic N) is 3. The van der Waals surface area contributed by atoms with Crippen LogP contribution in [0.5, 0.6) is 0 Å². The summed E-state index contributed by atoms with van der Waals surface area (Å²) in [6.45, 7) is 11.4. The molecule has 0 radical (unpaired) electrons. The van der Waals surface area contributed by atoms with Crippen molar-refractivity contribution < 1.29 is 4.79 Å². The van der Waals surface area contributed by atoms with Crippen molar-refractivity contribution in [3.05, 3.63) is 40.9 Å². The molecule has 0 spiro atoms. The zero-order chi connectivity index (χ0) is 19.4. The van der Waals surface area contributed by atoms with Crippen molar-refractivity contribution in [3.63, 3.8) is 0 Å². The summed E-state index contributed by atoms with van der Waals surface area (Å²) in [7, 11) is 2.18. The van der Waals surface area contributed by atoms with Crippen LogP contribution in [0.2, 0.25) is 0 Å². The van der Waals surface area contributed by atoms with Crippen LogP contribution in [0, 0.1) is 0 Å². The number of thiazole rings is 1. The van der Waals surface area contributed by atoms with E-state index in [1.807, 2.05) is 26.2 Å². The topological polar surface area (TPSA) is 48.5 Å². The molecule has 1 aliphatic rings. The van der Waals surface area contributed by atoms with Crippen molar-refractivity contribution in [3.8, 4) is 10.6 Å². The zero-order valence-corrected chi connectivity index (χ0v) is 17.6. The molecule has 1 amide bonds. The Bertz CT molecular complexity index is 772. The van der Waals surface area contributed by atoms with Gasteiger partial charge in [0.2, 0.25) is 5.91 Å². The average molecular weight is 387 g/mol. The van der Waals surface area contributed by atoms with Gasteiger partial charge >= 0.3 is 0 Å². The highest BCUT2D eigenvalue weighted by Crippen LogP contribution is 2.25. The van der Waals surface area contributed by atoms with Crippen LogP contribution in [0.25, 0.3) is 10.6 Å². The number of hydrogen-bond donors (Lipinski definition) is 1. The minimum Gasteiger partial charge on any atom is -0.351 e. The summed E-state index contributed by atoms with van der Waals surface area (Å²) in [5.41, 5.74) is 3.07. The number of rotatable bonds is 5. The Morgan fingerprint density at radius 1 is 1.22 bits per heavy atom. The molecule has 2 aromatic rings. The van der Waals surface area contributed by atoms with Gasteiger partial charge in [0.15, 0.2) is 0 Å². The van der Waals surface area contributed by atoms with E-state index >= 15 is 0 Å². The first kappa shape index (κ1) is 20.0. The predicted octanol–water partition coefficient (Wildman–Crippen LogP) is 3.01. The molecule has 0 saturated carbocycles. The molecular formula is C21H30N4OS. The van der Waals surface area contributed by atoms with Crippen molar-refractivity contribution in [2.45, 2.75) is 39.3 Å².